The highest BCUT2D eigenvalue weighted by Gasteiger charge is 2.30. The quantitative estimate of drug-likeness (QED) is 0.311. The van der Waals surface area contributed by atoms with Crippen LogP contribution < -0.4 is 10.1 Å². The second kappa shape index (κ2) is 13.7. The van der Waals surface area contributed by atoms with Crippen molar-refractivity contribution in [1.82, 2.24) is 10.2 Å². The molecule has 0 fully saturated rings. The van der Waals surface area contributed by atoms with Crippen LogP contribution in [-0.4, -0.2) is 35.9 Å². The fourth-order valence-electron chi connectivity index (χ4n) is 4.08. The van der Waals surface area contributed by atoms with Crippen LogP contribution in [0, 0.1) is 13.8 Å². The van der Waals surface area contributed by atoms with Gasteiger partial charge < -0.3 is 15.0 Å². The molecule has 0 saturated carbocycles. The van der Waals surface area contributed by atoms with Gasteiger partial charge in [-0.3, -0.25) is 9.59 Å². The zero-order chi connectivity index (χ0) is 25.9. The van der Waals surface area contributed by atoms with Crippen LogP contribution in [0.1, 0.15) is 42.0 Å². The SMILES string of the molecule is CCCCNC(=O)[C@@H](Cc1ccccc1)N(Cc1cccc(Cl)c1)C(=O)COc1ccc(C)cc1C. The van der Waals surface area contributed by atoms with E-state index in [0.717, 1.165) is 35.1 Å². The smallest absolute Gasteiger partial charge is 0.261 e. The summed E-state index contributed by atoms with van der Waals surface area (Å²) in [4.78, 5) is 28.7. The number of rotatable bonds is 12. The minimum Gasteiger partial charge on any atom is -0.483 e. The van der Waals surface area contributed by atoms with Crippen molar-refractivity contribution in [3.63, 3.8) is 0 Å². The van der Waals surface area contributed by atoms with Crippen LogP contribution in [0.3, 0.4) is 0 Å². The number of amides is 2. The van der Waals surface area contributed by atoms with Gasteiger partial charge in [-0.25, -0.2) is 0 Å². The van der Waals surface area contributed by atoms with Gasteiger partial charge in [-0.15, -0.1) is 0 Å². The molecule has 0 aliphatic heterocycles. The number of aryl methyl sites for hydroxylation is 2. The fourth-order valence-corrected chi connectivity index (χ4v) is 4.29. The van der Waals surface area contributed by atoms with E-state index in [2.05, 4.69) is 12.2 Å². The number of benzene rings is 3. The average molecular weight is 507 g/mol. The van der Waals surface area contributed by atoms with Gasteiger partial charge in [-0.05, 0) is 55.2 Å². The zero-order valence-corrected chi connectivity index (χ0v) is 22.1. The Morgan fingerprint density at radius 1 is 0.972 bits per heavy atom. The molecule has 3 aromatic carbocycles. The van der Waals surface area contributed by atoms with Gasteiger partial charge in [-0.2, -0.15) is 0 Å². The highest BCUT2D eigenvalue weighted by molar-refractivity contribution is 6.30. The third kappa shape index (κ3) is 8.13. The fraction of sp³-hybridized carbons (Fsp3) is 0.333. The second-order valence-electron chi connectivity index (χ2n) is 9.06. The van der Waals surface area contributed by atoms with Crippen molar-refractivity contribution in [2.75, 3.05) is 13.2 Å². The Labute approximate surface area is 219 Å². The lowest BCUT2D eigenvalue weighted by Crippen LogP contribution is -2.51. The maximum atomic E-state index is 13.6. The highest BCUT2D eigenvalue weighted by Crippen LogP contribution is 2.21. The summed E-state index contributed by atoms with van der Waals surface area (Å²) < 4.78 is 5.93. The molecule has 6 heteroatoms. The Kier molecular flexibility index (Phi) is 10.4. The molecule has 0 heterocycles. The summed E-state index contributed by atoms with van der Waals surface area (Å²) in [7, 11) is 0. The molecule has 0 spiro atoms. The van der Waals surface area contributed by atoms with Gasteiger partial charge in [0.15, 0.2) is 6.61 Å². The Morgan fingerprint density at radius 3 is 2.42 bits per heavy atom. The Morgan fingerprint density at radius 2 is 1.72 bits per heavy atom. The van der Waals surface area contributed by atoms with Gasteiger partial charge in [0.2, 0.25) is 5.91 Å². The molecular weight excluding hydrogens is 472 g/mol. The van der Waals surface area contributed by atoms with Gasteiger partial charge in [-0.1, -0.05) is 85.1 Å². The molecule has 36 heavy (non-hydrogen) atoms. The van der Waals surface area contributed by atoms with Gasteiger partial charge in [0.1, 0.15) is 11.8 Å². The van der Waals surface area contributed by atoms with Crippen LogP contribution in [-0.2, 0) is 22.6 Å². The lowest BCUT2D eigenvalue weighted by atomic mass is 10.0. The third-order valence-electron chi connectivity index (χ3n) is 6.02. The van der Waals surface area contributed by atoms with Crippen molar-refractivity contribution in [2.45, 2.75) is 52.6 Å². The summed E-state index contributed by atoms with van der Waals surface area (Å²) in [6, 6.07) is 22.3. The number of hydrogen-bond acceptors (Lipinski definition) is 3. The first-order chi connectivity index (χ1) is 17.4. The predicted octanol–water partition coefficient (Wildman–Crippen LogP) is 5.89. The van der Waals surface area contributed by atoms with Crippen LogP contribution in [0.15, 0.2) is 72.8 Å². The minimum atomic E-state index is -0.696. The van der Waals surface area contributed by atoms with E-state index in [0.29, 0.717) is 23.7 Å². The van der Waals surface area contributed by atoms with E-state index in [4.69, 9.17) is 16.3 Å². The highest BCUT2D eigenvalue weighted by atomic mass is 35.5. The molecule has 1 N–H and O–H groups in total. The monoisotopic (exact) mass is 506 g/mol. The first-order valence-corrected chi connectivity index (χ1v) is 12.8. The Bertz CT molecular complexity index is 1150. The van der Waals surface area contributed by atoms with Crippen LogP contribution in [0.4, 0.5) is 0 Å². The van der Waals surface area contributed by atoms with Gasteiger partial charge in [0.25, 0.3) is 5.91 Å². The number of unbranched alkanes of at least 4 members (excludes halogenated alkanes) is 1. The molecule has 5 nitrogen and oxygen atoms in total. The van der Waals surface area contributed by atoms with E-state index in [-0.39, 0.29) is 25.0 Å². The van der Waals surface area contributed by atoms with Crippen molar-refractivity contribution in [1.29, 1.82) is 0 Å². The lowest BCUT2D eigenvalue weighted by Gasteiger charge is -2.31. The number of hydrogen-bond donors (Lipinski definition) is 1. The van der Waals surface area contributed by atoms with E-state index in [9.17, 15) is 9.59 Å². The average Bonchev–Trinajstić information content (AvgIpc) is 2.86. The number of nitrogens with one attached hydrogen (secondary N) is 1. The molecule has 2 amide bonds. The van der Waals surface area contributed by atoms with Crippen molar-refractivity contribution < 1.29 is 14.3 Å². The van der Waals surface area contributed by atoms with Gasteiger partial charge >= 0.3 is 0 Å². The molecule has 0 saturated heterocycles. The lowest BCUT2D eigenvalue weighted by molar-refractivity contribution is -0.142. The van der Waals surface area contributed by atoms with Crippen molar-refractivity contribution in [2.24, 2.45) is 0 Å². The number of carbonyl (C=O) groups excluding carboxylic acids is 2. The van der Waals surface area contributed by atoms with E-state index in [1.807, 2.05) is 80.6 Å². The maximum Gasteiger partial charge on any atom is 0.261 e. The number of nitrogens with zero attached hydrogens (tertiary/aromatic N) is 1. The van der Waals surface area contributed by atoms with Crippen LogP contribution >= 0.6 is 11.6 Å². The Hall–Kier alpha value is -3.31. The number of ether oxygens (including phenoxy) is 1. The molecule has 0 aliphatic carbocycles. The molecule has 1 atom stereocenters. The van der Waals surface area contributed by atoms with E-state index in [1.54, 1.807) is 11.0 Å². The van der Waals surface area contributed by atoms with Crippen molar-refractivity contribution >= 4 is 23.4 Å². The van der Waals surface area contributed by atoms with Crippen LogP contribution in [0.2, 0.25) is 5.02 Å². The molecule has 0 aromatic heterocycles. The molecule has 0 bridgehead atoms. The molecule has 0 unspecified atom stereocenters. The Balaban J connectivity index is 1.89. The summed E-state index contributed by atoms with van der Waals surface area (Å²) >= 11 is 6.23. The molecule has 190 valence electrons. The second-order valence-corrected chi connectivity index (χ2v) is 9.50. The van der Waals surface area contributed by atoms with E-state index in [1.165, 1.54) is 0 Å². The summed E-state index contributed by atoms with van der Waals surface area (Å²) in [5.74, 6) is 0.222. The van der Waals surface area contributed by atoms with Crippen LogP contribution in [0.25, 0.3) is 0 Å². The standard InChI is InChI=1S/C30H35ClN2O3/c1-4-5-16-32-30(35)27(19-24-10-7-6-8-11-24)33(20-25-12-9-13-26(31)18-25)29(34)21-36-28-15-14-22(2)17-23(28)3/h6-15,17-18,27H,4-5,16,19-21H2,1-3H3,(H,32,35)/t27-/m1/s1. The largest absolute Gasteiger partial charge is 0.483 e. The molecule has 3 rings (SSSR count). The third-order valence-corrected chi connectivity index (χ3v) is 6.26. The zero-order valence-electron chi connectivity index (χ0n) is 21.3. The molecule has 0 radical (unpaired) electrons. The van der Waals surface area contributed by atoms with Crippen LogP contribution in [0.5, 0.6) is 5.75 Å². The van der Waals surface area contributed by atoms with E-state index >= 15 is 0 Å². The summed E-state index contributed by atoms with van der Waals surface area (Å²) in [5.41, 5.74) is 3.91. The van der Waals surface area contributed by atoms with Crippen molar-refractivity contribution in [3.05, 3.63) is 100 Å². The summed E-state index contributed by atoms with van der Waals surface area (Å²) in [5, 5.41) is 3.61. The summed E-state index contributed by atoms with van der Waals surface area (Å²) in [6.07, 6.45) is 2.25. The molecule has 3 aromatic rings. The van der Waals surface area contributed by atoms with Crippen molar-refractivity contribution in [3.8, 4) is 5.75 Å². The van der Waals surface area contributed by atoms with Gasteiger partial charge in [0, 0.05) is 24.5 Å². The first-order valence-electron chi connectivity index (χ1n) is 12.4. The first kappa shape index (κ1) is 27.3. The topological polar surface area (TPSA) is 58.6 Å². The predicted molar refractivity (Wildman–Crippen MR) is 145 cm³/mol. The normalized spacial score (nSPS) is 11.6. The van der Waals surface area contributed by atoms with E-state index < -0.39 is 6.04 Å². The maximum absolute atomic E-state index is 13.6. The minimum absolute atomic E-state index is 0.169. The van der Waals surface area contributed by atoms with Gasteiger partial charge in [0.05, 0.1) is 0 Å². The summed E-state index contributed by atoms with van der Waals surface area (Å²) in [6.45, 7) is 6.69. The number of carbonyl (C=O) groups is 2. The number of halogens is 1. The molecular formula is C30H35ClN2O3. The molecule has 0 aliphatic rings.